The number of methoxy groups -OCH3 is 1. The lowest BCUT2D eigenvalue weighted by molar-refractivity contribution is -0.131. The van der Waals surface area contributed by atoms with E-state index in [4.69, 9.17) is 9.47 Å². The Morgan fingerprint density at radius 2 is 1.90 bits per heavy atom. The molecule has 0 saturated heterocycles. The predicted molar refractivity (Wildman–Crippen MR) is 126 cm³/mol. The molecule has 0 spiro atoms. The normalized spacial score (nSPS) is 11.7. The maximum absolute atomic E-state index is 12.4. The molecule has 0 aromatic heterocycles. The highest BCUT2D eigenvalue weighted by molar-refractivity contribution is 9.10. The predicted octanol–water partition coefficient (Wildman–Crippen LogP) is 4.75. The fraction of sp³-hybridized carbons (Fsp3) is 0.348. The van der Waals surface area contributed by atoms with Crippen LogP contribution in [-0.4, -0.2) is 31.7 Å². The van der Waals surface area contributed by atoms with Gasteiger partial charge in [0, 0.05) is 10.0 Å². The monoisotopic (exact) mass is 489 g/mol. The summed E-state index contributed by atoms with van der Waals surface area (Å²) in [7, 11) is 1.57. The number of rotatable bonds is 11. The van der Waals surface area contributed by atoms with Gasteiger partial charge in [0.05, 0.1) is 25.6 Å². The molecular weight excluding hydrogens is 462 g/mol. The van der Waals surface area contributed by atoms with Gasteiger partial charge in [0.2, 0.25) is 5.91 Å². The van der Waals surface area contributed by atoms with Crippen LogP contribution in [0.2, 0.25) is 0 Å². The summed E-state index contributed by atoms with van der Waals surface area (Å²) in [5.74, 6) is -0.721. The van der Waals surface area contributed by atoms with E-state index >= 15 is 0 Å². The summed E-state index contributed by atoms with van der Waals surface area (Å²) >= 11 is 3.36. The van der Waals surface area contributed by atoms with Gasteiger partial charge in [0.15, 0.2) is 11.5 Å². The zero-order chi connectivity index (χ0) is 22.6. The molecule has 31 heavy (non-hydrogen) atoms. The summed E-state index contributed by atoms with van der Waals surface area (Å²) in [4.78, 5) is 24.7. The third-order valence-electron chi connectivity index (χ3n) is 4.52. The van der Waals surface area contributed by atoms with Crippen LogP contribution in [0.5, 0.6) is 11.5 Å². The number of hydrogen-bond acceptors (Lipinski definition) is 5. The first-order valence-electron chi connectivity index (χ1n) is 10.2. The Kier molecular flexibility index (Phi) is 10.0. The SMILES string of the molecule is CCCCCOc1c(C=NNC(=O)C(C)C(=O)Nc2ccccc2Br)cccc1OC. The van der Waals surface area contributed by atoms with Gasteiger partial charge in [0.1, 0.15) is 5.92 Å². The average Bonchev–Trinajstić information content (AvgIpc) is 2.78. The molecule has 2 N–H and O–H groups in total. The molecule has 2 amide bonds. The van der Waals surface area contributed by atoms with E-state index < -0.39 is 17.7 Å². The zero-order valence-corrected chi connectivity index (χ0v) is 19.6. The molecule has 166 valence electrons. The molecular formula is C23H28BrN3O4. The van der Waals surface area contributed by atoms with Crippen LogP contribution in [0.4, 0.5) is 5.69 Å². The van der Waals surface area contributed by atoms with Crippen molar-refractivity contribution in [2.24, 2.45) is 11.0 Å². The molecule has 2 rings (SSSR count). The Bertz CT molecular complexity index is 917. The maximum Gasteiger partial charge on any atom is 0.252 e. The minimum atomic E-state index is -0.931. The Hall–Kier alpha value is -2.87. The number of ether oxygens (including phenoxy) is 2. The summed E-state index contributed by atoms with van der Waals surface area (Å²) in [6, 6.07) is 12.6. The average molecular weight is 490 g/mol. The minimum Gasteiger partial charge on any atom is -0.493 e. The summed E-state index contributed by atoms with van der Waals surface area (Å²) in [6.07, 6.45) is 4.59. The number of halogens is 1. The first-order chi connectivity index (χ1) is 15.0. The van der Waals surface area contributed by atoms with E-state index in [-0.39, 0.29) is 0 Å². The Morgan fingerprint density at radius 1 is 1.13 bits per heavy atom. The number of nitrogens with zero attached hydrogens (tertiary/aromatic N) is 1. The summed E-state index contributed by atoms with van der Waals surface area (Å²) in [5, 5.41) is 6.72. The molecule has 8 heteroatoms. The number of hydrazone groups is 1. The standard InChI is InChI=1S/C23H28BrN3O4/c1-4-5-8-14-31-21-17(10-9-13-20(21)30-3)15-25-27-23(29)16(2)22(28)26-19-12-7-6-11-18(19)24/h6-7,9-13,15-16H,4-5,8,14H2,1-3H3,(H,26,28)(H,27,29). The van der Waals surface area contributed by atoms with Gasteiger partial charge in [-0.3, -0.25) is 9.59 Å². The van der Waals surface area contributed by atoms with E-state index in [1.54, 1.807) is 31.4 Å². The van der Waals surface area contributed by atoms with Crippen LogP contribution in [0, 0.1) is 5.92 Å². The van der Waals surface area contributed by atoms with E-state index in [1.165, 1.54) is 13.1 Å². The van der Waals surface area contributed by atoms with Crippen LogP contribution in [0.3, 0.4) is 0 Å². The molecule has 0 fully saturated rings. The molecule has 2 aromatic carbocycles. The van der Waals surface area contributed by atoms with Crippen molar-refractivity contribution in [2.75, 3.05) is 19.0 Å². The van der Waals surface area contributed by atoms with Gasteiger partial charge >= 0.3 is 0 Å². The third kappa shape index (κ3) is 7.40. The summed E-state index contributed by atoms with van der Waals surface area (Å²) in [6.45, 7) is 4.21. The molecule has 7 nitrogen and oxygen atoms in total. The van der Waals surface area contributed by atoms with Crippen molar-refractivity contribution in [1.82, 2.24) is 5.43 Å². The molecule has 0 aliphatic rings. The highest BCUT2D eigenvalue weighted by Crippen LogP contribution is 2.30. The number of carbonyl (C=O) groups excluding carboxylic acids is 2. The molecule has 0 aliphatic carbocycles. The number of carbonyl (C=O) groups is 2. The summed E-state index contributed by atoms with van der Waals surface area (Å²) < 4.78 is 12.0. The molecule has 1 atom stereocenters. The maximum atomic E-state index is 12.4. The van der Waals surface area contributed by atoms with Crippen molar-refractivity contribution in [3.63, 3.8) is 0 Å². The van der Waals surface area contributed by atoms with Gasteiger partial charge in [-0.2, -0.15) is 5.10 Å². The van der Waals surface area contributed by atoms with Crippen molar-refractivity contribution >= 4 is 39.6 Å². The van der Waals surface area contributed by atoms with Gasteiger partial charge < -0.3 is 14.8 Å². The lowest BCUT2D eigenvalue weighted by Crippen LogP contribution is -2.34. The van der Waals surface area contributed by atoms with Gasteiger partial charge in [-0.25, -0.2) is 5.43 Å². The quantitative estimate of drug-likeness (QED) is 0.206. The van der Waals surface area contributed by atoms with E-state index in [0.29, 0.717) is 29.4 Å². The van der Waals surface area contributed by atoms with Crippen molar-refractivity contribution in [3.05, 3.63) is 52.5 Å². The smallest absolute Gasteiger partial charge is 0.252 e. The largest absolute Gasteiger partial charge is 0.493 e. The Balaban J connectivity index is 1.99. The van der Waals surface area contributed by atoms with Crippen LogP contribution in [0.25, 0.3) is 0 Å². The topological polar surface area (TPSA) is 89.0 Å². The number of anilines is 1. The van der Waals surface area contributed by atoms with E-state index in [1.807, 2.05) is 18.2 Å². The lowest BCUT2D eigenvalue weighted by Gasteiger charge is -2.13. The van der Waals surface area contributed by atoms with Crippen LogP contribution >= 0.6 is 15.9 Å². The highest BCUT2D eigenvalue weighted by atomic mass is 79.9. The van der Waals surface area contributed by atoms with Crippen molar-refractivity contribution < 1.29 is 19.1 Å². The molecule has 0 heterocycles. The second kappa shape index (κ2) is 12.7. The number of amides is 2. The zero-order valence-electron chi connectivity index (χ0n) is 18.0. The van der Waals surface area contributed by atoms with E-state index in [0.717, 1.165) is 23.7 Å². The third-order valence-corrected chi connectivity index (χ3v) is 5.21. The van der Waals surface area contributed by atoms with Gasteiger partial charge in [-0.05, 0) is 53.5 Å². The van der Waals surface area contributed by atoms with Crippen molar-refractivity contribution in [3.8, 4) is 11.5 Å². The molecule has 0 saturated carbocycles. The minimum absolute atomic E-state index is 0.430. The highest BCUT2D eigenvalue weighted by Gasteiger charge is 2.21. The Labute approximate surface area is 191 Å². The Morgan fingerprint density at radius 3 is 2.61 bits per heavy atom. The number of para-hydroxylation sites is 2. The second-order valence-electron chi connectivity index (χ2n) is 6.86. The number of nitrogens with one attached hydrogen (secondary N) is 2. The van der Waals surface area contributed by atoms with Crippen molar-refractivity contribution in [2.45, 2.75) is 33.1 Å². The van der Waals surface area contributed by atoms with Gasteiger partial charge in [0.25, 0.3) is 5.91 Å². The molecule has 0 aliphatic heterocycles. The van der Waals surface area contributed by atoms with E-state index in [9.17, 15) is 9.59 Å². The first kappa shape index (κ1) is 24.4. The van der Waals surface area contributed by atoms with Gasteiger partial charge in [-0.15, -0.1) is 0 Å². The fourth-order valence-corrected chi connectivity index (χ4v) is 3.04. The molecule has 2 aromatic rings. The number of hydrogen-bond donors (Lipinski definition) is 2. The van der Waals surface area contributed by atoms with Crippen molar-refractivity contribution in [1.29, 1.82) is 0 Å². The van der Waals surface area contributed by atoms with E-state index in [2.05, 4.69) is 38.7 Å². The first-order valence-corrected chi connectivity index (χ1v) is 10.9. The van der Waals surface area contributed by atoms with Crippen LogP contribution in [-0.2, 0) is 9.59 Å². The second-order valence-corrected chi connectivity index (χ2v) is 7.71. The van der Waals surface area contributed by atoms with Crippen LogP contribution in [0.1, 0.15) is 38.7 Å². The fourth-order valence-electron chi connectivity index (χ4n) is 2.66. The lowest BCUT2D eigenvalue weighted by atomic mass is 10.1. The molecule has 0 radical (unpaired) electrons. The molecule has 1 unspecified atom stereocenters. The molecule has 0 bridgehead atoms. The summed E-state index contributed by atoms with van der Waals surface area (Å²) in [5.41, 5.74) is 3.68. The van der Waals surface area contributed by atoms with Gasteiger partial charge in [-0.1, -0.05) is 38.0 Å². The number of unbranched alkanes of at least 4 members (excludes halogenated alkanes) is 2. The van der Waals surface area contributed by atoms with Crippen LogP contribution in [0.15, 0.2) is 52.0 Å². The van der Waals surface area contributed by atoms with Crippen LogP contribution < -0.4 is 20.2 Å². The number of benzene rings is 2.